The average Bonchev–Trinajstić information content (AvgIpc) is 2.68. The topological polar surface area (TPSA) is 71.5 Å². The molecule has 15 heavy (non-hydrogen) atoms. The van der Waals surface area contributed by atoms with E-state index in [1.54, 1.807) is 11.3 Å². The van der Waals surface area contributed by atoms with Crippen molar-refractivity contribution in [3.05, 3.63) is 24.3 Å². The molecule has 1 aromatic heterocycles. The van der Waals surface area contributed by atoms with Crippen LogP contribution in [0, 0.1) is 0 Å². The monoisotopic (exact) mass is 239 g/mol. The van der Waals surface area contributed by atoms with Crippen LogP contribution in [0.2, 0.25) is 0 Å². The predicted octanol–water partition coefficient (Wildman–Crippen LogP) is 2.13. The molecule has 1 heterocycles. The van der Waals surface area contributed by atoms with E-state index in [1.807, 2.05) is 24.3 Å². The Morgan fingerprint density at radius 2 is 2.33 bits per heavy atom. The normalized spacial score (nSPS) is 12.1. The van der Waals surface area contributed by atoms with Gasteiger partial charge in [0, 0.05) is 0 Å². The first-order valence-electron chi connectivity index (χ1n) is 4.24. The molecule has 0 saturated carbocycles. The summed E-state index contributed by atoms with van der Waals surface area (Å²) >= 11 is 3.08. The minimum Gasteiger partial charge on any atom is -0.409 e. The molecule has 0 radical (unpaired) electrons. The molecular weight excluding hydrogens is 230 g/mol. The third-order valence-corrected chi connectivity index (χ3v) is 3.96. The van der Waals surface area contributed by atoms with Crippen LogP contribution in [0.25, 0.3) is 10.2 Å². The highest BCUT2D eigenvalue weighted by Crippen LogP contribution is 2.28. The van der Waals surface area contributed by atoms with Crippen molar-refractivity contribution < 1.29 is 5.21 Å². The van der Waals surface area contributed by atoms with Crippen LogP contribution in [0.5, 0.6) is 0 Å². The van der Waals surface area contributed by atoms with Crippen molar-refractivity contribution in [3.63, 3.8) is 0 Å². The highest BCUT2D eigenvalue weighted by molar-refractivity contribution is 8.01. The average molecular weight is 239 g/mol. The number of hydrogen-bond donors (Lipinski definition) is 2. The lowest BCUT2D eigenvalue weighted by Gasteiger charge is -1.93. The number of nitrogens with two attached hydrogens (primary N) is 1. The number of oxime groups is 1. The molecule has 0 aliphatic carbocycles. The number of amidine groups is 1. The molecule has 78 valence electrons. The second-order valence-electron chi connectivity index (χ2n) is 2.83. The van der Waals surface area contributed by atoms with E-state index in [0.717, 1.165) is 14.6 Å². The molecule has 0 unspecified atom stereocenters. The van der Waals surface area contributed by atoms with E-state index in [-0.39, 0.29) is 5.84 Å². The molecule has 0 bridgehead atoms. The van der Waals surface area contributed by atoms with Crippen LogP contribution >= 0.6 is 23.1 Å². The van der Waals surface area contributed by atoms with E-state index >= 15 is 0 Å². The number of fused-ring (bicyclic) bond motifs is 1. The van der Waals surface area contributed by atoms with E-state index in [0.29, 0.717) is 5.75 Å². The molecule has 0 fully saturated rings. The van der Waals surface area contributed by atoms with Gasteiger partial charge in [-0.05, 0) is 12.1 Å². The summed E-state index contributed by atoms with van der Waals surface area (Å²) in [5, 5.41) is 11.3. The number of hydrogen-bond acceptors (Lipinski definition) is 5. The predicted molar refractivity (Wildman–Crippen MR) is 63.8 cm³/mol. The summed E-state index contributed by atoms with van der Waals surface area (Å²) in [7, 11) is 0. The zero-order valence-electron chi connectivity index (χ0n) is 7.75. The largest absolute Gasteiger partial charge is 0.409 e. The fourth-order valence-electron chi connectivity index (χ4n) is 1.08. The summed E-state index contributed by atoms with van der Waals surface area (Å²) in [6.07, 6.45) is 0. The van der Waals surface area contributed by atoms with Gasteiger partial charge in [-0.15, -0.1) is 11.3 Å². The maximum Gasteiger partial charge on any atom is 0.151 e. The Bertz CT molecular complexity index is 462. The number of nitrogens with zero attached hydrogens (tertiary/aromatic N) is 2. The number of para-hydroxylation sites is 1. The zero-order valence-corrected chi connectivity index (χ0v) is 9.38. The maximum atomic E-state index is 8.39. The van der Waals surface area contributed by atoms with Crippen LogP contribution in [0.4, 0.5) is 0 Å². The van der Waals surface area contributed by atoms with Crippen molar-refractivity contribution in [2.45, 2.75) is 4.34 Å². The number of rotatable bonds is 3. The molecule has 0 aliphatic rings. The summed E-state index contributed by atoms with van der Waals surface area (Å²) in [5.41, 5.74) is 6.36. The van der Waals surface area contributed by atoms with E-state index < -0.39 is 0 Å². The molecule has 0 amide bonds. The summed E-state index contributed by atoms with van der Waals surface area (Å²) in [6, 6.07) is 7.94. The third kappa shape index (κ3) is 2.40. The van der Waals surface area contributed by atoms with Gasteiger partial charge >= 0.3 is 0 Å². The van der Waals surface area contributed by atoms with Gasteiger partial charge in [0.1, 0.15) is 5.84 Å². The van der Waals surface area contributed by atoms with Crippen molar-refractivity contribution in [2.24, 2.45) is 10.9 Å². The Hall–Kier alpha value is -1.27. The van der Waals surface area contributed by atoms with Gasteiger partial charge in [-0.3, -0.25) is 0 Å². The Kier molecular flexibility index (Phi) is 3.08. The van der Waals surface area contributed by atoms with Crippen LogP contribution in [0.3, 0.4) is 0 Å². The van der Waals surface area contributed by atoms with Gasteiger partial charge in [0.25, 0.3) is 0 Å². The van der Waals surface area contributed by atoms with Crippen molar-refractivity contribution in [2.75, 3.05) is 5.75 Å². The first-order valence-corrected chi connectivity index (χ1v) is 6.04. The Balaban J connectivity index is 2.15. The lowest BCUT2D eigenvalue weighted by atomic mass is 10.3. The standard InChI is InChI=1S/C9H9N3OS2/c10-8(12-13)5-14-9-11-6-3-1-2-4-7(6)15-9/h1-4,13H,5H2,(H2,10,12). The van der Waals surface area contributed by atoms with Crippen molar-refractivity contribution in [1.82, 2.24) is 4.98 Å². The quantitative estimate of drug-likeness (QED) is 0.283. The van der Waals surface area contributed by atoms with Gasteiger partial charge < -0.3 is 10.9 Å². The molecule has 0 atom stereocenters. The van der Waals surface area contributed by atoms with E-state index in [1.165, 1.54) is 11.8 Å². The van der Waals surface area contributed by atoms with E-state index in [4.69, 9.17) is 10.9 Å². The number of thioether (sulfide) groups is 1. The lowest BCUT2D eigenvalue weighted by molar-refractivity contribution is 0.318. The van der Waals surface area contributed by atoms with Gasteiger partial charge in [0.15, 0.2) is 4.34 Å². The van der Waals surface area contributed by atoms with Gasteiger partial charge in [-0.2, -0.15) is 0 Å². The van der Waals surface area contributed by atoms with E-state index in [2.05, 4.69) is 10.1 Å². The Labute approximate surface area is 94.8 Å². The second-order valence-corrected chi connectivity index (χ2v) is 5.08. The van der Waals surface area contributed by atoms with Gasteiger partial charge in [0.2, 0.25) is 0 Å². The van der Waals surface area contributed by atoms with Crippen LogP contribution < -0.4 is 5.73 Å². The summed E-state index contributed by atoms with van der Waals surface area (Å²) in [5.74, 6) is 0.662. The molecule has 6 heteroatoms. The van der Waals surface area contributed by atoms with Crippen molar-refractivity contribution >= 4 is 39.2 Å². The highest BCUT2D eigenvalue weighted by Gasteiger charge is 2.04. The Morgan fingerprint density at radius 1 is 1.53 bits per heavy atom. The van der Waals surface area contributed by atoms with E-state index in [9.17, 15) is 0 Å². The fraction of sp³-hybridized carbons (Fsp3) is 0.111. The van der Waals surface area contributed by atoms with Crippen molar-refractivity contribution in [1.29, 1.82) is 0 Å². The molecule has 2 aromatic rings. The van der Waals surface area contributed by atoms with Crippen LogP contribution in [-0.4, -0.2) is 21.8 Å². The summed E-state index contributed by atoms with van der Waals surface area (Å²) in [4.78, 5) is 4.41. The lowest BCUT2D eigenvalue weighted by Crippen LogP contribution is -2.13. The summed E-state index contributed by atoms with van der Waals surface area (Å²) < 4.78 is 2.09. The first-order chi connectivity index (χ1) is 7.29. The van der Waals surface area contributed by atoms with Gasteiger partial charge in [0.05, 0.1) is 16.0 Å². The van der Waals surface area contributed by atoms with Crippen LogP contribution in [0.15, 0.2) is 33.8 Å². The fourth-order valence-corrected chi connectivity index (χ4v) is 2.95. The Morgan fingerprint density at radius 3 is 3.07 bits per heavy atom. The second kappa shape index (κ2) is 4.50. The highest BCUT2D eigenvalue weighted by atomic mass is 32.2. The number of thiazole rings is 1. The molecule has 0 aliphatic heterocycles. The van der Waals surface area contributed by atoms with Crippen LogP contribution in [-0.2, 0) is 0 Å². The molecule has 0 saturated heterocycles. The minimum absolute atomic E-state index is 0.208. The van der Waals surface area contributed by atoms with Gasteiger partial charge in [-0.25, -0.2) is 4.98 Å². The van der Waals surface area contributed by atoms with Crippen molar-refractivity contribution in [3.8, 4) is 0 Å². The first kappa shape index (κ1) is 10.3. The smallest absolute Gasteiger partial charge is 0.151 e. The third-order valence-electron chi connectivity index (χ3n) is 1.75. The summed E-state index contributed by atoms with van der Waals surface area (Å²) in [6.45, 7) is 0. The molecule has 3 N–H and O–H groups in total. The maximum absolute atomic E-state index is 8.39. The van der Waals surface area contributed by atoms with Gasteiger partial charge in [-0.1, -0.05) is 29.1 Å². The van der Waals surface area contributed by atoms with Crippen LogP contribution in [0.1, 0.15) is 0 Å². The molecule has 1 aromatic carbocycles. The molecule has 2 rings (SSSR count). The molecule has 0 spiro atoms. The molecular formula is C9H9N3OS2. The number of benzene rings is 1. The molecule has 4 nitrogen and oxygen atoms in total. The zero-order chi connectivity index (χ0) is 10.7. The minimum atomic E-state index is 0.208. The number of aromatic nitrogens is 1. The SMILES string of the molecule is N/C(CSc1nc2ccccc2s1)=N\O.